The molecule has 0 atom stereocenters. The van der Waals surface area contributed by atoms with Gasteiger partial charge in [-0.1, -0.05) is 30.3 Å². The molecule has 0 aliphatic rings. The van der Waals surface area contributed by atoms with Crippen LogP contribution in [0.1, 0.15) is 16.1 Å². The van der Waals surface area contributed by atoms with E-state index in [1.807, 2.05) is 30.3 Å². The second-order valence-corrected chi connectivity index (χ2v) is 7.01. The lowest BCUT2D eigenvalue weighted by molar-refractivity contribution is 0.0691. The second kappa shape index (κ2) is 7.17. The molecule has 2 heterocycles. The molecular weight excluding hydrogens is 403 g/mol. The number of hydrogen-bond acceptors (Lipinski definition) is 4. The largest absolute Gasteiger partial charge is 0.476 e. The fourth-order valence-corrected chi connectivity index (χ4v) is 3.75. The smallest absolute Gasteiger partial charge is 0.355 e. The Bertz CT molecular complexity index is 1210. The number of halogens is 3. The molecule has 4 aromatic rings. The van der Waals surface area contributed by atoms with E-state index in [1.54, 1.807) is 6.92 Å². The quantitative estimate of drug-likeness (QED) is 0.472. The molecule has 9 heteroatoms. The predicted molar refractivity (Wildman–Crippen MR) is 102 cm³/mol. The highest BCUT2D eigenvalue weighted by Gasteiger charge is 2.23. The lowest BCUT2D eigenvalue weighted by Gasteiger charge is -2.07. The summed E-state index contributed by atoms with van der Waals surface area (Å²) >= 11 is 1.02. The minimum atomic E-state index is -1.57. The van der Waals surface area contributed by atoms with Crippen molar-refractivity contribution < 1.29 is 23.1 Å². The Morgan fingerprint density at radius 2 is 1.72 bits per heavy atom. The lowest BCUT2D eigenvalue weighted by Crippen LogP contribution is -2.03. The first-order valence-electron chi connectivity index (χ1n) is 8.36. The highest BCUT2D eigenvalue weighted by molar-refractivity contribution is 7.12. The lowest BCUT2D eigenvalue weighted by atomic mass is 10.0. The van der Waals surface area contributed by atoms with Gasteiger partial charge in [-0.05, 0) is 19.1 Å². The number of carbonyl (C=O) groups is 1. The summed E-state index contributed by atoms with van der Waals surface area (Å²) < 4.78 is 42.6. The van der Waals surface area contributed by atoms with Crippen molar-refractivity contribution in [2.24, 2.45) is 0 Å². The van der Waals surface area contributed by atoms with Crippen molar-refractivity contribution in [1.82, 2.24) is 14.8 Å². The normalized spacial score (nSPS) is 11.0. The number of aromatic nitrogens is 3. The molecule has 0 bridgehead atoms. The highest BCUT2D eigenvalue weighted by atomic mass is 32.1. The zero-order valence-corrected chi connectivity index (χ0v) is 15.7. The molecular formula is C20H12F3N3O2S. The zero-order valence-electron chi connectivity index (χ0n) is 14.9. The predicted octanol–water partition coefficient (Wildman–Crippen LogP) is 5.09. The summed E-state index contributed by atoms with van der Waals surface area (Å²) in [6, 6.07) is 10.9. The molecule has 0 amide bonds. The van der Waals surface area contributed by atoms with E-state index < -0.39 is 23.4 Å². The van der Waals surface area contributed by atoms with Crippen molar-refractivity contribution in [3.8, 4) is 27.6 Å². The maximum absolute atomic E-state index is 13.9. The van der Waals surface area contributed by atoms with Crippen LogP contribution in [0.5, 0.6) is 0 Å². The summed E-state index contributed by atoms with van der Waals surface area (Å²) in [5.74, 6) is -5.44. The van der Waals surface area contributed by atoms with Crippen LogP contribution in [0.25, 0.3) is 27.6 Å². The van der Waals surface area contributed by atoms with Gasteiger partial charge < -0.3 is 5.11 Å². The maximum atomic E-state index is 13.9. The van der Waals surface area contributed by atoms with E-state index in [-0.39, 0.29) is 22.1 Å². The molecule has 0 spiro atoms. The Morgan fingerprint density at radius 1 is 1.07 bits per heavy atom. The van der Waals surface area contributed by atoms with Crippen molar-refractivity contribution >= 4 is 17.3 Å². The van der Waals surface area contributed by atoms with Gasteiger partial charge >= 0.3 is 5.97 Å². The molecule has 2 aromatic carbocycles. The third kappa shape index (κ3) is 3.29. The Labute approximate surface area is 166 Å². The summed E-state index contributed by atoms with van der Waals surface area (Å²) in [6.07, 6.45) is 0. The van der Waals surface area contributed by atoms with Gasteiger partial charge in [-0.3, -0.25) is 0 Å². The molecule has 5 nitrogen and oxygen atoms in total. The summed E-state index contributed by atoms with van der Waals surface area (Å²) in [4.78, 5) is 15.2. The van der Waals surface area contributed by atoms with Crippen LogP contribution in [0.15, 0.2) is 47.8 Å². The Kier molecular flexibility index (Phi) is 4.67. The van der Waals surface area contributed by atoms with E-state index >= 15 is 0 Å². The molecule has 0 aliphatic heterocycles. The van der Waals surface area contributed by atoms with Crippen LogP contribution >= 0.6 is 11.3 Å². The Hall–Kier alpha value is -3.46. The molecule has 29 heavy (non-hydrogen) atoms. The fourth-order valence-electron chi connectivity index (χ4n) is 3.00. The topological polar surface area (TPSA) is 68.0 Å². The van der Waals surface area contributed by atoms with E-state index in [0.29, 0.717) is 11.3 Å². The molecule has 0 saturated heterocycles. The summed E-state index contributed by atoms with van der Waals surface area (Å²) in [7, 11) is 0. The second-order valence-electron chi connectivity index (χ2n) is 6.17. The molecule has 0 saturated carbocycles. The first kappa shape index (κ1) is 18.9. The van der Waals surface area contributed by atoms with E-state index in [0.717, 1.165) is 29.0 Å². The summed E-state index contributed by atoms with van der Waals surface area (Å²) in [5, 5.41) is 15.2. The molecule has 4 rings (SSSR count). The molecule has 0 unspecified atom stereocenters. The number of carboxylic acids is 1. The average Bonchev–Trinajstić information content (AvgIpc) is 3.31. The van der Waals surface area contributed by atoms with Crippen LogP contribution in [-0.4, -0.2) is 25.8 Å². The van der Waals surface area contributed by atoms with Crippen LogP contribution in [0, 0.1) is 24.4 Å². The molecule has 0 radical (unpaired) electrons. The standard InChI is InChI=1S/C20H12F3N3O2S/c1-10-17(11-5-3-2-4-6-11)25-26(20-24-15(9-29-20)19(27)28)18(10)12-7-13(21)16(23)14(22)8-12/h2-9H,1H3,(H,27,28). The van der Waals surface area contributed by atoms with E-state index in [2.05, 4.69) is 10.1 Å². The number of benzene rings is 2. The number of carboxylic acid groups (broad SMARTS) is 1. The van der Waals surface area contributed by atoms with Crippen LogP contribution in [0.3, 0.4) is 0 Å². The van der Waals surface area contributed by atoms with Crippen molar-refractivity contribution in [1.29, 1.82) is 0 Å². The third-order valence-corrected chi connectivity index (χ3v) is 5.14. The van der Waals surface area contributed by atoms with Gasteiger partial charge in [-0.25, -0.2) is 27.6 Å². The summed E-state index contributed by atoms with van der Waals surface area (Å²) in [5.41, 5.74) is 2.02. The van der Waals surface area contributed by atoms with Gasteiger partial charge in [-0.15, -0.1) is 11.3 Å². The molecule has 1 N–H and O–H groups in total. The van der Waals surface area contributed by atoms with Gasteiger partial charge in [0.2, 0.25) is 5.13 Å². The van der Waals surface area contributed by atoms with Crippen molar-refractivity contribution in [2.45, 2.75) is 6.92 Å². The van der Waals surface area contributed by atoms with E-state index in [4.69, 9.17) is 5.11 Å². The van der Waals surface area contributed by atoms with Crippen molar-refractivity contribution in [3.05, 3.63) is 76.6 Å². The first-order valence-corrected chi connectivity index (χ1v) is 9.24. The SMILES string of the molecule is Cc1c(-c2ccccc2)nn(-c2nc(C(=O)O)cs2)c1-c1cc(F)c(F)c(F)c1. The minimum Gasteiger partial charge on any atom is -0.476 e. The molecule has 146 valence electrons. The molecule has 0 fully saturated rings. The van der Waals surface area contributed by atoms with Gasteiger partial charge in [0.05, 0.1) is 11.4 Å². The zero-order chi connectivity index (χ0) is 20.7. The summed E-state index contributed by atoms with van der Waals surface area (Å²) in [6.45, 7) is 1.71. The van der Waals surface area contributed by atoms with Gasteiger partial charge in [0.15, 0.2) is 23.1 Å². The molecule has 2 aromatic heterocycles. The van der Waals surface area contributed by atoms with E-state index in [9.17, 15) is 18.0 Å². The minimum absolute atomic E-state index is 0.0562. The average molecular weight is 415 g/mol. The van der Waals surface area contributed by atoms with Crippen LogP contribution < -0.4 is 0 Å². The Morgan fingerprint density at radius 3 is 2.31 bits per heavy atom. The third-order valence-electron chi connectivity index (χ3n) is 4.32. The van der Waals surface area contributed by atoms with Gasteiger partial charge in [0, 0.05) is 22.1 Å². The number of nitrogens with zero attached hydrogens (tertiary/aromatic N) is 3. The number of aromatic carboxylic acids is 1. The van der Waals surface area contributed by atoms with Crippen LogP contribution in [0.4, 0.5) is 13.2 Å². The molecule has 0 aliphatic carbocycles. The number of rotatable bonds is 4. The van der Waals surface area contributed by atoms with Gasteiger partial charge in [0.1, 0.15) is 0 Å². The number of hydrogen-bond donors (Lipinski definition) is 1. The monoisotopic (exact) mass is 415 g/mol. The van der Waals surface area contributed by atoms with Crippen molar-refractivity contribution in [3.63, 3.8) is 0 Å². The van der Waals surface area contributed by atoms with Crippen molar-refractivity contribution in [2.75, 3.05) is 0 Å². The van der Waals surface area contributed by atoms with Crippen LogP contribution in [-0.2, 0) is 0 Å². The maximum Gasteiger partial charge on any atom is 0.355 e. The first-order chi connectivity index (χ1) is 13.9. The van der Waals surface area contributed by atoms with Gasteiger partial charge in [-0.2, -0.15) is 5.10 Å². The van der Waals surface area contributed by atoms with Crippen LogP contribution in [0.2, 0.25) is 0 Å². The van der Waals surface area contributed by atoms with E-state index in [1.165, 1.54) is 10.1 Å². The number of thiazole rings is 1. The van der Waals surface area contributed by atoms with Gasteiger partial charge in [0.25, 0.3) is 0 Å². The fraction of sp³-hybridized carbons (Fsp3) is 0.0500. The highest BCUT2D eigenvalue weighted by Crippen LogP contribution is 2.35. The Balaban J connectivity index is 1.99.